The van der Waals surface area contributed by atoms with Crippen LogP contribution in [0.3, 0.4) is 0 Å². The maximum atomic E-state index is 12.1. The minimum Gasteiger partial charge on any atom is -0.478 e. The van der Waals surface area contributed by atoms with Crippen LogP contribution in [0.1, 0.15) is 25.8 Å². The Morgan fingerprint density at radius 1 is 1.37 bits per heavy atom. The molecule has 6 heteroatoms. The van der Waals surface area contributed by atoms with Crippen LogP contribution in [-0.2, 0) is 14.8 Å². The van der Waals surface area contributed by atoms with Gasteiger partial charge in [0.1, 0.15) is 0 Å². The third-order valence-corrected chi connectivity index (χ3v) is 3.99. The van der Waals surface area contributed by atoms with E-state index in [2.05, 4.69) is 4.72 Å². The largest absolute Gasteiger partial charge is 0.478 e. The van der Waals surface area contributed by atoms with Gasteiger partial charge in [0.25, 0.3) is 0 Å². The van der Waals surface area contributed by atoms with Gasteiger partial charge >= 0.3 is 5.97 Å². The van der Waals surface area contributed by atoms with Crippen molar-refractivity contribution in [3.63, 3.8) is 0 Å². The molecule has 0 fully saturated rings. The van der Waals surface area contributed by atoms with Crippen LogP contribution in [-0.4, -0.2) is 26.0 Å². The molecule has 0 bridgehead atoms. The third-order valence-electron chi connectivity index (χ3n) is 2.46. The highest BCUT2D eigenvalue weighted by Gasteiger charge is 2.16. The molecule has 0 amide bonds. The van der Waals surface area contributed by atoms with Crippen LogP contribution in [0.15, 0.2) is 34.7 Å². The van der Waals surface area contributed by atoms with Crippen LogP contribution in [0, 0.1) is 0 Å². The number of benzene rings is 1. The predicted molar refractivity (Wildman–Crippen MR) is 73.2 cm³/mol. The fourth-order valence-electron chi connectivity index (χ4n) is 1.45. The van der Waals surface area contributed by atoms with Crippen LogP contribution < -0.4 is 4.72 Å². The Labute approximate surface area is 113 Å². The second kappa shape index (κ2) is 6.49. The molecule has 0 aromatic heterocycles. The average Bonchev–Trinajstić information content (AvgIpc) is 2.36. The second-order valence-corrected chi connectivity index (χ2v) is 5.80. The number of carboxylic acid groups (broad SMARTS) is 1. The summed E-state index contributed by atoms with van der Waals surface area (Å²) in [4.78, 5) is 10.9. The van der Waals surface area contributed by atoms with E-state index in [9.17, 15) is 13.2 Å². The smallest absolute Gasteiger partial charge is 0.331 e. The van der Waals surface area contributed by atoms with E-state index in [0.717, 1.165) is 0 Å². The number of hydrogen-bond acceptors (Lipinski definition) is 3. The summed E-state index contributed by atoms with van der Waals surface area (Å²) in [5.74, 6) is -1.08. The van der Waals surface area contributed by atoms with Crippen molar-refractivity contribution in [3.05, 3.63) is 35.4 Å². The van der Waals surface area contributed by atoms with E-state index in [4.69, 9.17) is 5.11 Å². The molecule has 0 spiro atoms. The first-order chi connectivity index (χ1) is 8.88. The summed E-state index contributed by atoms with van der Waals surface area (Å²) in [6.45, 7) is 3.63. The lowest BCUT2D eigenvalue weighted by molar-refractivity contribution is -0.132. The summed E-state index contributed by atoms with van der Waals surface area (Å²) in [5, 5.41) is 8.85. The quantitative estimate of drug-likeness (QED) is 0.781. The summed E-state index contributed by atoms with van der Waals surface area (Å²) in [6, 6.07) is 6.31. The molecule has 0 unspecified atom stereocenters. The van der Waals surface area contributed by atoms with Crippen molar-refractivity contribution in [2.24, 2.45) is 0 Å². The Kier molecular flexibility index (Phi) is 5.26. The van der Waals surface area contributed by atoms with Crippen molar-refractivity contribution in [3.8, 4) is 0 Å². The lowest BCUT2D eigenvalue weighted by Gasteiger charge is -2.09. The van der Waals surface area contributed by atoms with E-state index in [1.54, 1.807) is 18.2 Å². The lowest BCUT2D eigenvalue weighted by atomic mass is 10.1. The van der Waals surface area contributed by atoms with Crippen molar-refractivity contribution in [2.45, 2.75) is 25.2 Å². The fourth-order valence-corrected chi connectivity index (χ4v) is 2.78. The van der Waals surface area contributed by atoms with E-state index in [1.807, 2.05) is 6.92 Å². The van der Waals surface area contributed by atoms with Gasteiger partial charge in [-0.2, -0.15) is 0 Å². The number of hydrogen-bond donors (Lipinski definition) is 2. The molecule has 0 aliphatic heterocycles. The molecule has 0 saturated heterocycles. The molecule has 104 valence electrons. The monoisotopic (exact) mass is 283 g/mol. The lowest BCUT2D eigenvalue weighted by Crippen LogP contribution is -2.25. The number of aliphatic carboxylic acids is 1. The Morgan fingerprint density at radius 2 is 2.00 bits per heavy atom. The maximum absolute atomic E-state index is 12.1. The second-order valence-electron chi connectivity index (χ2n) is 4.07. The highest BCUT2D eigenvalue weighted by atomic mass is 32.2. The van der Waals surface area contributed by atoms with Crippen molar-refractivity contribution in [1.29, 1.82) is 0 Å². The molecule has 2 N–H and O–H groups in total. The third kappa shape index (κ3) is 4.18. The molecular formula is C13H17NO4S. The first-order valence-corrected chi connectivity index (χ1v) is 7.37. The standard InChI is InChI=1S/C13H17NO4S/c1-3-8-14-19(17,18)12-7-5-4-6-11(12)9-10(2)13(15)16/h4-7,9,14H,3,8H2,1-2H3,(H,15,16). The first-order valence-electron chi connectivity index (χ1n) is 5.88. The van der Waals surface area contributed by atoms with Crippen LogP contribution in [0.25, 0.3) is 6.08 Å². The Hall–Kier alpha value is -1.66. The maximum Gasteiger partial charge on any atom is 0.331 e. The minimum absolute atomic E-state index is 0.0816. The Morgan fingerprint density at radius 3 is 2.58 bits per heavy atom. The molecule has 1 rings (SSSR count). The zero-order valence-electron chi connectivity index (χ0n) is 10.9. The van der Waals surface area contributed by atoms with Crippen molar-refractivity contribution in [2.75, 3.05) is 6.54 Å². The molecule has 1 aromatic rings. The molecule has 19 heavy (non-hydrogen) atoms. The SMILES string of the molecule is CCCNS(=O)(=O)c1ccccc1C=C(C)C(=O)O. The van der Waals surface area contributed by atoms with E-state index >= 15 is 0 Å². The summed E-state index contributed by atoms with van der Waals surface area (Å²) < 4.78 is 26.6. The summed E-state index contributed by atoms with van der Waals surface area (Å²) in [7, 11) is -3.61. The highest BCUT2D eigenvalue weighted by molar-refractivity contribution is 7.89. The van der Waals surface area contributed by atoms with Crippen LogP contribution in [0.4, 0.5) is 0 Å². The van der Waals surface area contributed by atoms with E-state index in [1.165, 1.54) is 19.1 Å². The van der Waals surface area contributed by atoms with Crippen LogP contribution >= 0.6 is 0 Å². The number of sulfonamides is 1. The molecule has 0 heterocycles. The van der Waals surface area contributed by atoms with Crippen LogP contribution in [0.5, 0.6) is 0 Å². The highest BCUT2D eigenvalue weighted by Crippen LogP contribution is 2.18. The Balaban J connectivity index is 3.23. The summed E-state index contributed by atoms with van der Waals surface area (Å²) in [6.07, 6.45) is 2.04. The predicted octanol–water partition coefficient (Wildman–Crippen LogP) is 1.86. The number of nitrogens with one attached hydrogen (secondary N) is 1. The zero-order valence-corrected chi connectivity index (χ0v) is 11.7. The van der Waals surface area contributed by atoms with Crippen LogP contribution in [0.2, 0.25) is 0 Å². The Bertz CT molecular complexity index is 590. The van der Waals surface area contributed by atoms with Gasteiger partial charge in [-0.15, -0.1) is 0 Å². The molecule has 0 atom stereocenters. The van der Waals surface area contributed by atoms with Gasteiger partial charge in [-0.1, -0.05) is 25.1 Å². The molecule has 5 nitrogen and oxygen atoms in total. The molecule has 0 saturated carbocycles. The van der Waals surface area contributed by atoms with Crippen molar-refractivity contribution < 1.29 is 18.3 Å². The van der Waals surface area contributed by atoms with Crippen molar-refractivity contribution >= 4 is 22.1 Å². The summed E-state index contributed by atoms with van der Waals surface area (Å²) >= 11 is 0. The minimum atomic E-state index is -3.61. The molecular weight excluding hydrogens is 266 g/mol. The van der Waals surface area contributed by atoms with Crippen molar-refractivity contribution in [1.82, 2.24) is 4.72 Å². The first kappa shape index (κ1) is 15.4. The number of carbonyl (C=O) groups is 1. The van der Waals surface area contributed by atoms with Gasteiger partial charge in [0.15, 0.2) is 0 Å². The van der Waals surface area contributed by atoms with E-state index in [0.29, 0.717) is 18.5 Å². The molecule has 0 radical (unpaired) electrons. The number of carboxylic acids is 1. The van der Waals surface area contributed by atoms with Gasteiger partial charge in [-0.05, 0) is 31.1 Å². The van der Waals surface area contributed by atoms with E-state index in [-0.39, 0.29) is 10.5 Å². The molecule has 0 aliphatic carbocycles. The zero-order chi connectivity index (χ0) is 14.5. The van der Waals surface area contributed by atoms with Gasteiger partial charge in [0.2, 0.25) is 10.0 Å². The van der Waals surface area contributed by atoms with E-state index < -0.39 is 16.0 Å². The van der Waals surface area contributed by atoms with Gasteiger partial charge < -0.3 is 5.11 Å². The van der Waals surface area contributed by atoms with Gasteiger partial charge in [0.05, 0.1) is 4.90 Å². The fraction of sp³-hybridized carbons (Fsp3) is 0.308. The average molecular weight is 283 g/mol. The van der Waals surface area contributed by atoms with Gasteiger partial charge in [-0.3, -0.25) is 0 Å². The van der Waals surface area contributed by atoms with Gasteiger partial charge in [-0.25, -0.2) is 17.9 Å². The molecule has 0 aliphatic rings. The molecule has 1 aromatic carbocycles. The summed E-state index contributed by atoms with van der Waals surface area (Å²) in [5.41, 5.74) is 0.448. The number of rotatable bonds is 6. The van der Waals surface area contributed by atoms with Gasteiger partial charge in [0, 0.05) is 12.1 Å². The normalized spacial score (nSPS) is 12.4. The topological polar surface area (TPSA) is 83.5 Å².